The fourth-order valence-corrected chi connectivity index (χ4v) is 3.09. The molecule has 5 nitrogen and oxygen atoms in total. The van der Waals surface area contributed by atoms with Crippen LogP contribution in [0.1, 0.15) is 5.69 Å². The second-order valence-corrected chi connectivity index (χ2v) is 5.75. The Bertz CT molecular complexity index is 711. The number of para-hydroxylation sites is 1. The highest BCUT2D eigenvalue weighted by atomic mass is 15.3. The van der Waals surface area contributed by atoms with Crippen LogP contribution in [-0.2, 0) is 6.54 Å². The van der Waals surface area contributed by atoms with Gasteiger partial charge in [0.1, 0.15) is 0 Å². The summed E-state index contributed by atoms with van der Waals surface area (Å²) in [4.78, 5) is 8.38. The molecule has 112 valence electrons. The molecule has 1 aliphatic rings. The molecule has 0 aliphatic carbocycles. The standard InChI is InChI=1S/C17H19N5/c1-2-4-17-14(3-1)11-15(20-17)13-21-7-9-22(10-8-21)16-5-6-18-19-12-16/h1-6,11-12,20H,7-10,13H2. The van der Waals surface area contributed by atoms with Gasteiger partial charge in [-0.15, -0.1) is 0 Å². The number of aromatic nitrogens is 3. The van der Waals surface area contributed by atoms with E-state index in [1.165, 1.54) is 22.3 Å². The first kappa shape index (κ1) is 13.3. The van der Waals surface area contributed by atoms with Crippen LogP contribution in [0.25, 0.3) is 10.9 Å². The molecule has 3 aromatic rings. The van der Waals surface area contributed by atoms with Crippen LogP contribution in [0.3, 0.4) is 0 Å². The Morgan fingerprint density at radius 1 is 1.00 bits per heavy atom. The lowest BCUT2D eigenvalue weighted by Gasteiger charge is -2.35. The third kappa shape index (κ3) is 2.67. The Labute approximate surface area is 129 Å². The van der Waals surface area contributed by atoms with Gasteiger partial charge in [0, 0.05) is 43.9 Å². The molecular weight excluding hydrogens is 274 g/mol. The molecule has 5 heteroatoms. The molecule has 0 spiro atoms. The summed E-state index contributed by atoms with van der Waals surface area (Å²) in [6.07, 6.45) is 3.60. The van der Waals surface area contributed by atoms with Gasteiger partial charge >= 0.3 is 0 Å². The number of aromatic amines is 1. The summed E-state index contributed by atoms with van der Waals surface area (Å²) >= 11 is 0. The van der Waals surface area contributed by atoms with Crippen LogP contribution in [-0.4, -0.2) is 46.3 Å². The first-order valence-electron chi connectivity index (χ1n) is 7.69. The van der Waals surface area contributed by atoms with Gasteiger partial charge in [-0.05, 0) is 23.6 Å². The van der Waals surface area contributed by atoms with Crippen LogP contribution in [0.4, 0.5) is 5.69 Å². The molecule has 4 rings (SSSR count). The monoisotopic (exact) mass is 293 g/mol. The Hall–Kier alpha value is -2.40. The van der Waals surface area contributed by atoms with E-state index in [2.05, 4.69) is 55.3 Å². The van der Waals surface area contributed by atoms with E-state index in [9.17, 15) is 0 Å². The molecule has 0 atom stereocenters. The number of H-pyrrole nitrogens is 1. The van der Waals surface area contributed by atoms with Crippen LogP contribution in [0.5, 0.6) is 0 Å². The van der Waals surface area contributed by atoms with Gasteiger partial charge in [-0.2, -0.15) is 10.2 Å². The molecule has 0 unspecified atom stereocenters. The number of nitrogens with one attached hydrogen (secondary N) is 1. The number of nitrogens with zero attached hydrogens (tertiary/aromatic N) is 4. The van der Waals surface area contributed by atoms with E-state index in [1.807, 2.05) is 12.3 Å². The Morgan fingerprint density at radius 2 is 1.86 bits per heavy atom. The predicted octanol–water partition coefficient (Wildman–Crippen LogP) is 2.28. The Morgan fingerprint density at radius 3 is 2.64 bits per heavy atom. The first-order chi connectivity index (χ1) is 10.9. The van der Waals surface area contributed by atoms with Crippen molar-refractivity contribution in [3.8, 4) is 0 Å². The summed E-state index contributed by atoms with van der Waals surface area (Å²) in [5.41, 5.74) is 3.68. The van der Waals surface area contributed by atoms with E-state index in [4.69, 9.17) is 0 Å². The molecule has 0 bridgehead atoms. The SMILES string of the molecule is c1ccc2[nH]c(CN3CCN(c4ccnnc4)CC3)cc2c1. The lowest BCUT2D eigenvalue weighted by molar-refractivity contribution is 0.247. The lowest BCUT2D eigenvalue weighted by atomic mass is 10.2. The number of benzene rings is 1. The van der Waals surface area contributed by atoms with Gasteiger partial charge in [-0.1, -0.05) is 18.2 Å². The molecule has 22 heavy (non-hydrogen) atoms. The maximum atomic E-state index is 3.96. The topological polar surface area (TPSA) is 48.1 Å². The van der Waals surface area contributed by atoms with Crippen molar-refractivity contribution in [1.29, 1.82) is 0 Å². The summed E-state index contributed by atoms with van der Waals surface area (Å²) < 4.78 is 0. The minimum absolute atomic E-state index is 0.983. The van der Waals surface area contributed by atoms with Gasteiger partial charge in [0.2, 0.25) is 0 Å². The van der Waals surface area contributed by atoms with Crippen molar-refractivity contribution >= 4 is 16.6 Å². The van der Waals surface area contributed by atoms with Crippen molar-refractivity contribution in [2.75, 3.05) is 31.1 Å². The van der Waals surface area contributed by atoms with Gasteiger partial charge in [0.05, 0.1) is 18.1 Å². The number of rotatable bonds is 3. The summed E-state index contributed by atoms with van der Waals surface area (Å²) in [7, 11) is 0. The fraction of sp³-hybridized carbons (Fsp3) is 0.294. The van der Waals surface area contributed by atoms with Crippen LogP contribution >= 0.6 is 0 Å². The Balaban J connectivity index is 1.39. The summed E-state index contributed by atoms with van der Waals surface area (Å²) in [5.74, 6) is 0. The van der Waals surface area contributed by atoms with Crippen LogP contribution in [0.15, 0.2) is 48.8 Å². The summed E-state index contributed by atoms with van der Waals surface area (Å²) in [6, 6.07) is 12.7. The molecule has 3 heterocycles. The molecule has 1 fully saturated rings. The molecule has 0 amide bonds. The molecule has 1 N–H and O–H groups in total. The first-order valence-corrected chi connectivity index (χ1v) is 7.69. The van der Waals surface area contributed by atoms with Crippen molar-refractivity contribution in [2.24, 2.45) is 0 Å². The van der Waals surface area contributed by atoms with E-state index in [1.54, 1.807) is 6.20 Å². The van der Waals surface area contributed by atoms with Crippen LogP contribution in [0.2, 0.25) is 0 Å². The Kier molecular flexibility index (Phi) is 3.48. The second kappa shape index (κ2) is 5.77. The van der Waals surface area contributed by atoms with Crippen molar-refractivity contribution in [2.45, 2.75) is 6.54 Å². The zero-order valence-corrected chi connectivity index (χ0v) is 12.4. The highest BCUT2D eigenvalue weighted by Gasteiger charge is 2.18. The fourth-order valence-electron chi connectivity index (χ4n) is 3.09. The smallest absolute Gasteiger partial charge is 0.0729 e. The highest BCUT2D eigenvalue weighted by molar-refractivity contribution is 5.80. The van der Waals surface area contributed by atoms with Crippen molar-refractivity contribution in [3.63, 3.8) is 0 Å². The van der Waals surface area contributed by atoms with Crippen molar-refractivity contribution < 1.29 is 0 Å². The minimum Gasteiger partial charge on any atom is -0.368 e. The quantitative estimate of drug-likeness (QED) is 0.805. The maximum absolute atomic E-state index is 3.96. The molecular formula is C17H19N5. The van der Waals surface area contributed by atoms with Crippen molar-refractivity contribution in [1.82, 2.24) is 20.1 Å². The van der Waals surface area contributed by atoms with Gasteiger partial charge in [0.15, 0.2) is 0 Å². The normalized spacial score (nSPS) is 16.3. The number of piperazine rings is 1. The third-order valence-corrected chi connectivity index (χ3v) is 4.29. The summed E-state index contributed by atoms with van der Waals surface area (Å²) in [6.45, 7) is 5.18. The second-order valence-electron chi connectivity index (χ2n) is 5.75. The van der Waals surface area contributed by atoms with Gasteiger partial charge in [-0.25, -0.2) is 0 Å². The van der Waals surface area contributed by atoms with E-state index in [-0.39, 0.29) is 0 Å². The lowest BCUT2D eigenvalue weighted by Crippen LogP contribution is -2.46. The van der Waals surface area contributed by atoms with Crippen LogP contribution in [0, 0.1) is 0 Å². The number of anilines is 1. The number of hydrogen-bond donors (Lipinski definition) is 1. The molecule has 1 saturated heterocycles. The average molecular weight is 293 g/mol. The summed E-state index contributed by atoms with van der Waals surface area (Å²) in [5, 5.41) is 9.09. The van der Waals surface area contributed by atoms with E-state index in [0.717, 1.165) is 32.7 Å². The molecule has 1 aliphatic heterocycles. The van der Waals surface area contributed by atoms with Crippen LogP contribution < -0.4 is 4.90 Å². The van der Waals surface area contributed by atoms with E-state index in [0.29, 0.717) is 0 Å². The van der Waals surface area contributed by atoms with Gasteiger partial charge in [-0.3, -0.25) is 4.90 Å². The number of hydrogen-bond acceptors (Lipinski definition) is 4. The van der Waals surface area contributed by atoms with Crippen molar-refractivity contribution in [3.05, 3.63) is 54.5 Å². The molecule has 2 aromatic heterocycles. The minimum atomic E-state index is 0.983. The highest BCUT2D eigenvalue weighted by Crippen LogP contribution is 2.18. The van der Waals surface area contributed by atoms with E-state index >= 15 is 0 Å². The third-order valence-electron chi connectivity index (χ3n) is 4.29. The molecule has 1 aromatic carbocycles. The van der Waals surface area contributed by atoms with Gasteiger partial charge < -0.3 is 9.88 Å². The molecule has 0 saturated carbocycles. The zero-order valence-electron chi connectivity index (χ0n) is 12.4. The predicted molar refractivity (Wildman–Crippen MR) is 87.8 cm³/mol. The molecule has 0 radical (unpaired) electrons. The largest absolute Gasteiger partial charge is 0.368 e. The number of fused-ring (bicyclic) bond motifs is 1. The van der Waals surface area contributed by atoms with Gasteiger partial charge in [0.25, 0.3) is 0 Å². The zero-order chi connectivity index (χ0) is 14.8. The average Bonchev–Trinajstić information content (AvgIpc) is 2.98. The maximum Gasteiger partial charge on any atom is 0.0729 e. The van der Waals surface area contributed by atoms with E-state index < -0.39 is 0 Å².